The molecular formula is C84H152NO8P. The molecule has 94 heavy (non-hydrogen) atoms. The minimum atomic E-state index is -4.65. The third-order valence-electron chi connectivity index (χ3n) is 17.6. The number of phosphoric acid groups is 1. The smallest absolute Gasteiger partial charge is 0.306 e. The second kappa shape index (κ2) is 74.2. The van der Waals surface area contributed by atoms with E-state index in [9.17, 15) is 19.0 Å². The predicted octanol–water partition coefficient (Wildman–Crippen LogP) is 26.0. The Morgan fingerprint density at radius 3 is 0.915 bits per heavy atom. The fourth-order valence-corrected chi connectivity index (χ4v) is 12.2. The number of carbonyl (C=O) groups excluding carboxylic acids is 2. The van der Waals surface area contributed by atoms with Crippen LogP contribution in [0.5, 0.6) is 0 Å². The highest BCUT2D eigenvalue weighted by Gasteiger charge is 2.22. The predicted molar refractivity (Wildman–Crippen MR) is 406 cm³/mol. The third-order valence-corrected chi connectivity index (χ3v) is 18.6. The number of rotatable bonds is 74. The first kappa shape index (κ1) is 90.9. The van der Waals surface area contributed by atoms with Gasteiger partial charge in [0.25, 0.3) is 7.82 Å². The van der Waals surface area contributed by atoms with Crippen LogP contribution in [0.25, 0.3) is 0 Å². The Bertz CT molecular complexity index is 1910. The summed E-state index contributed by atoms with van der Waals surface area (Å²) < 4.78 is 34.4. The number of allylic oxidation sites excluding steroid dienone is 16. The van der Waals surface area contributed by atoms with E-state index < -0.39 is 26.5 Å². The molecule has 0 aromatic rings. The summed E-state index contributed by atoms with van der Waals surface area (Å²) in [7, 11) is 1.17. The Hall–Kier alpha value is -3.07. The average Bonchev–Trinajstić information content (AvgIpc) is 1.66. The van der Waals surface area contributed by atoms with E-state index >= 15 is 0 Å². The number of hydrogen-bond acceptors (Lipinski definition) is 8. The lowest BCUT2D eigenvalue weighted by atomic mass is 10.0. The summed E-state index contributed by atoms with van der Waals surface area (Å²) in [5.74, 6) is -0.829. The maximum atomic E-state index is 12.9. The van der Waals surface area contributed by atoms with Gasteiger partial charge in [0.2, 0.25) is 0 Å². The van der Waals surface area contributed by atoms with E-state index in [0.29, 0.717) is 17.4 Å². The Morgan fingerprint density at radius 1 is 0.340 bits per heavy atom. The zero-order valence-corrected chi connectivity index (χ0v) is 63.3. The second-order valence-corrected chi connectivity index (χ2v) is 29.5. The summed E-state index contributed by atoms with van der Waals surface area (Å²) in [6.07, 6.45) is 104. The minimum Gasteiger partial charge on any atom is -0.756 e. The molecule has 0 saturated carbocycles. The molecule has 0 amide bonds. The zero-order chi connectivity index (χ0) is 68.3. The topological polar surface area (TPSA) is 111 Å². The molecule has 0 fully saturated rings. The number of phosphoric ester groups is 1. The van der Waals surface area contributed by atoms with Gasteiger partial charge in [0.15, 0.2) is 6.10 Å². The van der Waals surface area contributed by atoms with Crippen molar-refractivity contribution in [3.05, 3.63) is 97.2 Å². The number of hydrogen-bond donors (Lipinski definition) is 0. The van der Waals surface area contributed by atoms with Gasteiger partial charge in [0, 0.05) is 12.8 Å². The van der Waals surface area contributed by atoms with E-state index in [1.165, 1.54) is 250 Å². The van der Waals surface area contributed by atoms with Crippen LogP contribution < -0.4 is 4.89 Å². The average molecular weight is 1340 g/mol. The molecule has 0 bridgehead atoms. The molecule has 0 spiro atoms. The maximum Gasteiger partial charge on any atom is 0.306 e. The van der Waals surface area contributed by atoms with Gasteiger partial charge in [-0.05, 0) is 96.3 Å². The Labute approximate surface area is 583 Å². The van der Waals surface area contributed by atoms with Crippen molar-refractivity contribution in [2.75, 3.05) is 47.5 Å². The normalized spacial score (nSPS) is 13.6. The first-order valence-electron chi connectivity index (χ1n) is 39.9. The molecule has 0 aliphatic rings. The summed E-state index contributed by atoms with van der Waals surface area (Å²) in [5, 5.41) is 0. The van der Waals surface area contributed by atoms with Crippen LogP contribution in [0.1, 0.15) is 373 Å². The number of esters is 2. The molecule has 0 N–H and O–H groups in total. The minimum absolute atomic E-state index is 0.0344. The zero-order valence-electron chi connectivity index (χ0n) is 62.4. The SMILES string of the molecule is CC/C=C\C/C=C\C/C=C\C/C=C\C/C=C\C/C=C\C/C=C\CCCCCCCCCCCC(=O)OC(COC(=O)CCCCCCCCCCCCCCCCCCCCCCCCCCCCC/C=C\CCCCCCCCCC)COP(=O)([O-])OCC[N+](C)(C)C. The van der Waals surface area contributed by atoms with Gasteiger partial charge in [-0.1, -0.05) is 361 Å². The van der Waals surface area contributed by atoms with E-state index in [0.717, 1.165) is 89.9 Å². The lowest BCUT2D eigenvalue weighted by Gasteiger charge is -2.28. The van der Waals surface area contributed by atoms with E-state index in [2.05, 4.69) is 111 Å². The maximum absolute atomic E-state index is 12.9. The number of carbonyl (C=O) groups is 2. The van der Waals surface area contributed by atoms with Gasteiger partial charge >= 0.3 is 11.9 Å². The standard InChI is InChI=1S/C84H152NO8P/c1-6-8-10-12-14-16-18-20-22-24-26-28-30-32-34-36-38-39-40-41-42-43-44-45-47-48-50-52-54-56-58-60-62-64-66-68-70-72-74-76-83(86)90-80-82(81-92-94(88,89)91-79-78-85(3,4)5)93-84(87)77-75-73-71-69-67-65-63-61-59-57-55-53-51-49-46-37-35-33-31-29-27-25-23-21-19-17-15-13-11-9-7-2/h9,11,15,17,21,23-24,26-27,29,33,35,46,49,53,55,82H,6-8,10,12-14,16,18-20,22,25,28,30-32,34,36-45,47-48,50-52,54,56-81H2,1-5H3/b11-9-,17-15-,23-21-,26-24-,29-27-,35-33-,49-46-,55-53-. The van der Waals surface area contributed by atoms with Crippen LogP contribution in [0, 0.1) is 0 Å². The largest absolute Gasteiger partial charge is 0.756 e. The highest BCUT2D eigenvalue weighted by Crippen LogP contribution is 2.38. The molecular weight excluding hydrogens is 1180 g/mol. The third kappa shape index (κ3) is 77.9. The van der Waals surface area contributed by atoms with Crippen LogP contribution in [-0.4, -0.2) is 70.0 Å². The second-order valence-electron chi connectivity index (χ2n) is 28.0. The molecule has 0 aliphatic carbocycles. The Balaban J connectivity index is 3.95. The number of unbranched alkanes of at least 4 members (excludes halogenated alkanes) is 44. The Kier molecular flexibility index (Phi) is 71.7. The van der Waals surface area contributed by atoms with Crippen molar-refractivity contribution in [3.8, 4) is 0 Å². The molecule has 0 heterocycles. The van der Waals surface area contributed by atoms with E-state index in [4.69, 9.17) is 18.5 Å². The first-order valence-corrected chi connectivity index (χ1v) is 41.4. The van der Waals surface area contributed by atoms with Gasteiger partial charge in [0.05, 0.1) is 27.7 Å². The van der Waals surface area contributed by atoms with Gasteiger partial charge in [0.1, 0.15) is 19.8 Å². The van der Waals surface area contributed by atoms with Crippen molar-refractivity contribution in [2.24, 2.45) is 0 Å². The number of ether oxygens (including phenoxy) is 2. The van der Waals surface area contributed by atoms with Crippen LogP contribution in [0.2, 0.25) is 0 Å². The molecule has 546 valence electrons. The van der Waals surface area contributed by atoms with E-state index in [-0.39, 0.29) is 32.0 Å². The summed E-state index contributed by atoms with van der Waals surface area (Å²) in [6.45, 7) is 4.16. The molecule has 2 atom stereocenters. The molecule has 0 rings (SSSR count). The number of likely N-dealkylation sites (N-methyl/N-ethyl adjacent to an activating group) is 1. The van der Waals surface area contributed by atoms with Gasteiger partial charge in [-0.3, -0.25) is 14.2 Å². The molecule has 9 nitrogen and oxygen atoms in total. The summed E-state index contributed by atoms with van der Waals surface area (Å²) in [6, 6.07) is 0. The van der Waals surface area contributed by atoms with Crippen molar-refractivity contribution in [1.29, 1.82) is 0 Å². The molecule has 2 unspecified atom stereocenters. The van der Waals surface area contributed by atoms with Gasteiger partial charge < -0.3 is 27.9 Å². The van der Waals surface area contributed by atoms with Crippen molar-refractivity contribution < 1.29 is 42.1 Å². The van der Waals surface area contributed by atoms with Crippen molar-refractivity contribution in [1.82, 2.24) is 0 Å². The van der Waals surface area contributed by atoms with E-state index in [1.807, 2.05) is 21.1 Å². The molecule has 0 aliphatic heterocycles. The van der Waals surface area contributed by atoms with Crippen molar-refractivity contribution in [3.63, 3.8) is 0 Å². The fourth-order valence-electron chi connectivity index (χ4n) is 11.5. The van der Waals surface area contributed by atoms with E-state index in [1.54, 1.807) is 0 Å². The molecule has 0 aromatic carbocycles. The monoisotopic (exact) mass is 1330 g/mol. The van der Waals surface area contributed by atoms with Crippen LogP contribution in [0.3, 0.4) is 0 Å². The molecule has 0 radical (unpaired) electrons. The highest BCUT2D eigenvalue weighted by atomic mass is 31.2. The van der Waals surface area contributed by atoms with Crippen molar-refractivity contribution in [2.45, 2.75) is 380 Å². The molecule has 0 saturated heterocycles. The summed E-state index contributed by atoms with van der Waals surface area (Å²) in [5.41, 5.74) is 0. The van der Waals surface area contributed by atoms with Crippen LogP contribution in [0.15, 0.2) is 97.2 Å². The summed E-state index contributed by atoms with van der Waals surface area (Å²) >= 11 is 0. The molecule has 0 aromatic heterocycles. The van der Waals surface area contributed by atoms with Crippen molar-refractivity contribution >= 4 is 19.8 Å². The molecule has 10 heteroatoms. The first-order chi connectivity index (χ1) is 46.0. The van der Waals surface area contributed by atoms with Crippen LogP contribution >= 0.6 is 7.82 Å². The van der Waals surface area contributed by atoms with Gasteiger partial charge in [-0.25, -0.2) is 0 Å². The highest BCUT2D eigenvalue weighted by molar-refractivity contribution is 7.45. The summed E-state index contributed by atoms with van der Waals surface area (Å²) in [4.78, 5) is 38.2. The fraction of sp³-hybridized carbons (Fsp3) is 0.786. The lowest BCUT2D eigenvalue weighted by Crippen LogP contribution is -2.37. The lowest BCUT2D eigenvalue weighted by molar-refractivity contribution is -0.870. The number of nitrogens with zero attached hydrogens (tertiary/aromatic N) is 1. The number of quaternary nitrogens is 1. The van der Waals surface area contributed by atoms with Crippen LogP contribution in [0.4, 0.5) is 0 Å². The Morgan fingerprint density at radius 2 is 0.606 bits per heavy atom. The van der Waals surface area contributed by atoms with Gasteiger partial charge in [-0.2, -0.15) is 0 Å². The quantitative estimate of drug-likeness (QED) is 0.0195. The van der Waals surface area contributed by atoms with Crippen LogP contribution in [-0.2, 0) is 32.7 Å². The van der Waals surface area contributed by atoms with Gasteiger partial charge in [-0.15, -0.1) is 0 Å².